The fourth-order valence-corrected chi connectivity index (χ4v) is 3.71. The number of carboxylic acid groups (broad SMARTS) is 1. The Morgan fingerprint density at radius 1 is 1.25 bits per heavy atom. The van der Waals surface area contributed by atoms with Gasteiger partial charge in [-0.25, -0.2) is 9.67 Å². The largest absolute Gasteiger partial charge is 0.481 e. The summed E-state index contributed by atoms with van der Waals surface area (Å²) in [6.45, 7) is 1.24. The maximum atomic E-state index is 12.7. The zero-order valence-electron chi connectivity index (χ0n) is 13.1. The lowest BCUT2D eigenvalue weighted by Gasteiger charge is -2.32. The molecular weight excluding hydrogens is 308 g/mol. The summed E-state index contributed by atoms with van der Waals surface area (Å²) in [6.07, 6.45) is 5.35. The highest BCUT2D eigenvalue weighted by atomic mass is 16.4. The third kappa shape index (κ3) is 2.46. The first-order valence-electron chi connectivity index (χ1n) is 8.06. The number of benzene rings is 1. The molecule has 1 N–H and O–H groups in total. The van der Waals surface area contributed by atoms with Crippen LogP contribution in [-0.2, 0) is 4.79 Å². The van der Waals surface area contributed by atoms with Crippen molar-refractivity contribution < 1.29 is 14.7 Å². The molecule has 2 aromatic rings. The smallest absolute Gasteiger partial charge is 0.307 e. The van der Waals surface area contributed by atoms with Gasteiger partial charge in [-0.05, 0) is 42.9 Å². The number of hydrogen-bond donors (Lipinski definition) is 1. The average Bonchev–Trinajstić information content (AvgIpc) is 3.05. The second-order valence-corrected chi connectivity index (χ2v) is 6.64. The molecule has 4 rings (SSSR count). The molecule has 1 aromatic heterocycles. The summed E-state index contributed by atoms with van der Waals surface area (Å²) in [5.74, 6) is -0.931. The van der Waals surface area contributed by atoms with Crippen LogP contribution in [0.15, 0.2) is 36.9 Å². The van der Waals surface area contributed by atoms with Crippen molar-refractivity contribution in [1.82, 2.24) is 19.7 Å². The predicted molar refractivity (Wildman–Crippen MR) is 84.7 cm³/mol. The maximum absolute atomic E-state index is 12.7. The monoisotopic (exact) mass is 326 g/mol. The molecule has 1 amide bonds. The van der Waals surface area contributed by atoms with E-state index in [1.165, 1.54) is 6.33 Å². The molecule has 1 unspecified atom stereocenters. The Hall–Kier alpha value is -2.70. The SMILES string of the molecule is O=C(O)C1CC12CCN(C(=O)c1cccc(-n3cncn3)c1)CC2. The predicted octanol–water partition coefficient (Wildman–Crippen LogP) is 1.59. The Morgan fingerprint density at radius 3 is 2.67 bits per heavy atom. The van der Waals surface area contributed by atoms with Gasteiger partial charge in [0.05, 0.1) is 11.6 Å². The van der Waals surface area contributed by atoms with E-state index in [9.17, 15) is 9.59 Å². The summed E-state index contributed by atoms with van der Waals surface area (Å²) in [4.78, 5) is 29.6. The van der Waals surface area contributed by atoms with Gasteiger partial charge in [-0.1, -0.05) is 6.07 Å². The van der Waals surface area contributed by atoms with E-state index in [0.29, 0.717) is 18.7 Å². The molecule has 7 nitrogen and oxygen atoms in total. The Morgan fingerprint density at radius 2 is 2.04 bits per heavy atom. The van der Waals surface area contributed by atoms with Gasteiger partial charge in [-0.2, -0.15) is 5.10 Å². The van der Waals surface area contributed by atoms with E-state index in [0.717, 1.165) is 24.9 Å². The van der Waals surface area contributed by atoms with Crippen LogP contribution < -0.4 is 0 Å². The highest BCUT2D eigenvalue weighted by Gasteiger charge is 2.59. The lowest BCUT2D eigenvalue weighted by molar-refractivity contribution is -0.139. The van der Waals surface area contributed by atoms with Crippen LogP contribution in [0.25, 0.3) is 5.69 Å². The normalized spacial score (nSPS) is 21.7. The number of hydrogen-bond acceptors (Lipinski definition) is 4. The van der Waals surface area contributed by atoms with Crippen molar-refractivity contribution in [3.05, 3.63) is 42.5 Å². The lowest BCUT2D eigenvalue weighted by Crippen LogP contribution is -2.40. The summed E-state index contributed by atoms with van der Waals surface area (Å²) in [5, 5.41) is 13.2. The number of likely N-dealkylation sites (tertiary alicyclic amines) is 1. The fraction of sp³-hybridized carbons (Fsp3) is 0.412. The molecule has 1 atom stereocenters. The summed E-state index contributed by atoms with van der Waals surface area (Å²) in [5.41, 5.74) is 1.34. The summed E-state index contributed by atoms with van der Waals surface area (Å²) >= 11 is 0. The number of carbonyl (C=O) groups excluding carboxylic acids is 1. The molecule has 0 bridgehead atoms. The number of aliphatic carboxylic acids is 1. The van der Waals surface area contributed by atoms with Crippen molar-refractivity contribution in [3.8, 4) is 5.69 Å². The fourth-order valence-electron chi connectivity index (χ4n) is 3.71. The lowest BCUT2D eigenvalue weighted by atomic mass is 9.90. The number of aromatic nitrogens is 3. The molecule has 1 aliphatic carbocycles. The quantitative estimate of drug-likeness (QED) is 0.925. The zero-order chi connectivity index (χ0) is 16.7. The highest BCUT2D eigenvalue weighted by Crippen LogP contribution is 2.59. The first-order valence-corrected chi connectivity index (χ1v) is 8.06. The second kappa shape index (κ2) is 5.43. The molecular formula is C17H18N4O3. The molecule has 1 saturated heterocycles. The van der Waals surface area contributed by atoms with Crippen molar-refractivity contribution in [2.75, 3.05) is 13.1 Å². The van der Waals surface area contributed by atoms with Gasteiger partial charge in [0.2, 0.25) is 0 Å². The third-order valence-electron chi connectivity index (χ3n) is 5.31. The minimum absolute atomic E-state index is 0.0145. The zero-order valence-corrected chi connectivity index (χ0v) is 13.1. The van der Waals surface area contributed by atoms with Crippen LogP contribution in [0.2, 0.25) is 0 Å². The average molecular weight is 326 g/mol. The number of rotatable bonds is 3. The van der Waals surface area contributed by atoms with E-state index >= 15 is 0 Å². The van der Waals surface area contributed by atoms with E-state index in [1.807, 2.05) is 17.0 Å². The number of amides is 1. The van der Waals surface area contributed by atoms with Crippen molar-refractivity contribution >= 4 is 11.9 Å². The van der Waals surface area contributed by atoms with Crippen molar-refractivity contribution in [3.63, 3.8) is 0 Å². The molecule has 2 heterocycles. The van der Waals surface area contributed by atoms with Crippen LogP contribution in [0.1, 0.15) is 29.6 Å². The van der Waals surface area contributed by atoms with Gasteiger partial charge in [0, 0.05) is 18.7 Å². The number of carbonyl (C=O) groups is 2. The Balaban J connectivity index is 1.46. The molecule has 0 radical (unpaired) electrons. The third-order valence-corrected chi connectivity index (χ3v) is 5.31. The molecule has 1 aromatic carbocycles. The summed E-state index contributed by atoms with van der Waals surface area (Å²) in [6, 6.07) is 7.30. The molecule has 1 saturated carbocycles. The Labute approximate surface area is 138 Å². The first-order chi connectivity index (χ1) is 11.6. The molecule has 2 aliphatic rings. The van der Waals surface area contributed by atoms with E-state index < -0.39 is 5.97 Å². The summed E-state index contributed by atoms with van der Waals surface area (Å²) < 4.78 is 1.61. The number of piperidine rings is 1. The van der Waals surface area contributed by atoms with Gasteiger partial charge in [0.15, 0.2) is 0 Å². The van der Waals surface area contributed by atoms with Gasteiger partial charge >= 0.3 is 5.97 Å². The van der Waals surface area contributed by atoms with Crippen molar-refractivity contribution in [2.24, 2.45) is 11.3 Å². The molecule has 7 heteroatoms. The van der Waals surface area contributed by atoms with E-state index in [2.05, 4.69) is 10.1 Å². The molecule has 24 heavy (non-hydrogen) atoms. The van der Waals surface area contributed by atoms with Gasteiger partial charge in [-0.15, -0.1) is 0 Å². The highest BCUT2D eigenvalue weighted by molar-refractivity contribution is 5.94. The van der Waals surface area contributed by atoms with Crippen LogP contribution >= 0.6 is 0 Å². The molecule has 1 spiro atoms. The first kappa shape index (κ1) is 14.9. The van der Waals surface area contributed by atoms with Gasteiger partial charge in [0.1, 0.15) is 12.7 Å². The Bertz CT molecular complexity index is 779. The van der Waals surface area contributed by atoms with Gasteiger partial charge in [0.25, 0.3) is 5.91 Å². The van der Waals surface area contributed by atoms with E-state index in [-0.39, 0.29) is 17.2 Å². The summed E-state index contributed by atoms with van der Waals surface area (Å²) in [7, 11) is 0. The second-order valence-electron chi connectivity index (χ2n) is 6.64. The van der Waals surface area contributed by atoms with E-state index in [4.69, 9.17) is 5.11 Å². The number of nitrogens with zero attached hydrogens (tertiary/aromatic N) is 4. The van der Waals surface area contributed by atoms with Crippen molar-refractivity contribution in [1.29, 1.82) is 0 Å². The molecule has 124 valence electrons. The van der Waals surface area contributed by atoms with Crippen LogP contribution in [-0.4, -0.2) is 49.7 Å². The number of carboxylic acids is 1. The maximum Gasteiger partial charge on any atom is 0.307 e. The Kier molecular flexibility index (Phi) is 3.37. The topological polar surface area (TPSA) is 88.3 Å². The van der Waals surface area contributed by atoms with Crippen molar-refractivity contribution in [2.45, 2.75) is 19.3 Å². The van der Waals surface area contributed by atoms with Crippen LogP contribution in [0.3, 0.4) is 0 Å². The van der Waals surface area contributed by atoms with E-state index in [1.54, 1.807) is 23.1 Å². The van der Waals surface area contributed by atoms with Gasteiger partial charge in [-0.3, -0.25) is 9.59 Å². The molecule has 1 aliphatic heterocycles. The van der Waals surface area contributed by atoms with Gasteiger partial charge < -0.3 is 10.0 Å². The minimum Gasteiger partial charge on any atom is -0.481 e. The minimum atomic E-state index is -0.699. The molecule has 2 fully saturated rings. The van der Waals surface area contributed by atoms with Crippen LogP contribution in [0.5, 0.6) is 0 Å². The van der Waals surface area contributed by atoms with Crippen LogP contribution in [0, 0.1) is 11.3 Å². The standard InChI is InChI=1S/C17H18N4O3/c22-15(12-2-1-3-13(8-12)21-11-18-10-19-21)20-6-4-17(5-7-20)9-14(17)16(23)24/h1-3,8,10-11,14H,4-7,9H2,(H,23,24). The van der Waals surface area contributed by atoms with Crippen LogP contribution in [0.4, 0.5) is 0 Å².